The molecule has 0 heterocycles. The van der Waals surface area contributed by atoms with E-state index >= 15 is 0 Å². The number of carbonyl (C=O) groups excluding carboxylic acids is 1. The number of halogens is 2. The predicted molar refractivity (Wildman–Crippen MR) is 86.1 cm³/mol. The standard InChI is InChI=1S/C16H15BrClNO/c1-11-3-5-12(6-4-11)10-19(2)16(20)14-8-7-13(18)9-15(14)17/h3-9H,10H2,1-2H3. The van der Waals surface area contributed by atoms with E-state index in [1.165, 1.54) is 5.56 Å². The topological polar surface area (TPSA) is 20.3 Å². The highest BCUT2D eigenvalue weighted by molar-refractivity contribution is 9.10. The number of benzene rings is 2. The zero-order valence-corrected chi connectivity index (χ0v) is 13.7. The molecule has 1 amide bonds. The second-order valence-corrected chi connectivity index (χ2v) is 6.06. The Kier molecular flexibility index (Phi) is 4.84. The molecule has 0 aliphatic heterocycles. The molecule has 0 aromatic heterocycles. The minimum absolute atomic E-state index is 0.0332. The summed E-state index contributed by atoms with van der Waals surface area (Å²) in [7, 11) is 1.79. The van der Waals surface area contributed by atoms with Gasteiger partial charge in [0.15, 0.2) is 0 Å². The highest BCUT2D eigenvalue weighted by Gasteiger charge is 2.15. The van der Waals surface area contributed by atoms with Crippen LogP contribution in [-0.4, -0.2) is 17.9 Å². The maximum Gasteiger partial charge on any atom is 0.255 e. The Balaban J connectivity index is 2.14. The molecule has 0 saturated carbocycles. The molecule has 0 N–H and O–H groups in total. The van der Waals surface area contributed by atoms with Gasteiger partial charge in [0.2, 0.25) is 0 Å². The van der Waals surface area contributed by atoms with E-state index < -0.39 is 0 Å². The maximum atomic E-state index is 12.4. The molecule has 0 fully saturated rings. The number of hydrogen-bond acceptors (Lipinski definition) is 1. The number of rotatable bonds is 3. The lowest BCUT2D eigenvalue weighted by Gasteiger charge is -2.18. The van der Waals surface area contributed by atoms with Gasteiger partial charge in [-0.15, -0.1) is 0 Å². The summed E-state index contributed by atoms with van der Waals surface area (Å²) in [6, 6.07) is 13.4. The van der Waals surface area contributed by atoms with Gasteiger partial charge in [-0.3, -0.25) is 4.79 Å². The van der Waals surface area contributed by atoms with Crippen LogP contribution >= 0.6 is 27.5 Å². The molecule has 2 aromatic rings. The molecule has 0 aliphatic rings. The summed E-state index contributed by atoms with van der Waals surface area (Å²) in [4.78, 5) is 14.1. The van der Waals surface area contributed by atoms with Crippen LogP contribution in [0.1, 0.15) is 21.5 Å². The summed E-state index contributed by atoms with van der Waals surface area (Å²) in [5.41, 5.74) is 2.93. The fraction of sp³-hybridized carbons (Fsp3) is 0.188. The van der Waals surface area contributed by atoms with Crippen LogP contribution in [0.2, 0.25) is 5.02 Å². The fourth-order valence-electron chi connectivity index (χ4n) is 1.91. The van der Waals surface area contributed by atoms with Crippen molar-refractivity contribution in [3.05, 3.63) is 68.7 Å². The molecule has 20 heavy (non-hydrogen) atoms. The van der Waals surface area contributed by atoms with E-state index in [0.29, 0.717) is 21.6 Å². The first-order chi connectivity index (χ1) is 9.47. The van der Waals surface area contributed by atoms with Crippen molar-refractivity contribution < 1.29 is 4.79 Å². The van der Waals surface area contributed by atoms with Crippen LogP contribution in [0, 0.1) is 6.92 Å². The van der Waals surface area contributed by atoms with E-state index in [1.54, 1.807) is 30.1 Å². The van der Waals surface area contributed by atoms with Gasteiger partial charge in [0.05, 0.1) is 5.56 Å². The number of aryl methyl sites for hydroxylation is 1. The lowest BCUT2D eigenvalue weighted by molar-refractivity contribution is 0.0784. The summed E-state index contributed by atoms with van der Waals surface area (Å²) >= 11 is 9.27. The van der Waals surface area contributed by atoms with Crippen molar-refractivity contribution in [2.45, 2.75) is 13.5 Å². The van der Waals surface area contributed by atoms with E-state index in [2.05, 4.69) is 15.9 Å². The van der Waals surface area contributed by atoms with Crippen LogP contribution in [-0.2, 0) is 6.54 Å². The van der Waals surface area contributed by atoms with Gasteiger partial charge < -0.3 is 4.90 Å². The highest BCUT2D eigenvalue weighted by Crippen LogP contribution is 2.23. The Labute approximate surface area is 132 Å². The van der Waals surface area contributed by atoms with E-state index in [9.17, 15) is 4.79 Å². The Morgan fingerprint density at radius 2 is 1.85 bits per heavy atom. The molecule has 0 saturated heterocycles. The van der Waals surface area contributed by atoms with Gasteiger partial charge in [-0.1, -0.05) is 41.4 Å². The minimum atomic E-state index is -0.0332. The first-order valence-electron chi connectivity index (χ1n) is 6.23. The molecule has 0 aliphatic carbocycles. The number of hydrogen-bond donors (Lipinski definition) is 0. The molecule has 0 spiro atoms. The van der Waals surface area contributed by atoms with Crippen molar-refractivity contribution in [2.24, 2.45) is 0 Å². The molecule has 0 atom stereocenters. The molecule has 4 heteroatoms. The lowest BCUT2D eigenvalue weighted by Crippen LogP contribution is -2.26. The normalized spacial score (nSPS) is 10.4. The lowest BCUT2D eigenvalue weighted by atomic mass is 10.1. The molecule has 0 radical (unpaired) electrons. The van der Waals surface area contributed by atoms with E-state index in [4.69, 9.17) is 11.6 Å². The van der Waals surface area contributed by atoms with Crippen LogP contribution in [0.15, 0.2) is 46.9 Å². The highest BCUT2D eigenvalue weighted by atomic mass is 79.9. The van der Waals surface area contributed by atoms with Gasteiger partial charge in [-0.2, -0.15) is 0 Å². The van der Waals surface area contributed by atoms with Crippen molar-refractivity contribution in [3.63, 3.8) is 0 Å². The average Bonchev–Trinajstić information content (AvgIpc) is 2.40. The first-order valence-corrected chi connectivity index (χ1v) is 7.40. The SMILES string of the molecule is Cc1ccc(CN(C)C(=O)c2ccc(Cl)cc2Br)cc1. The summed E-state index contributed by atoms with van der Waals surface area (Å²) in [6.07, 6.45) is 0. The Hall–Kier alpha value is -1.32. The Bertz CT molecular complexity index is 625. The van der Waals surface area contributed by atoms with Crippen LogP contribution in [0.4, 0.5) is 0 Å². The van der Waals surface area contributed by atoms with Crippen LogP contribution in [0.5, 0.6) is 0 Å². The van der Waals surface area contributed by atoms with Crippen molar-refractivity contribution in [1.29, 1.82) is 0 Å². The van der Waals surface area contributed by atoms with Crippen molar-refractivity contribution in [3.8, 4) is 0 Å². The quantitative estimate of drug-likeness (QED) is 0.785. The van der Waals surface area contributed by atoms with Gasteiger partial charge in [0, 0.05) is 23.1 Å². The van der Waals surface area contributed by atoms with E-state index in [1.807, 2.05) is 31.2 Å². The molecule has 0 unspecified atom stereocenters. The third kappa shape index (κ3) is 3.62. The molecule has 2 nitrogen and oxygen atoms in total. The van der Waals surface area contributed by atoms with Gasteiger partial charge in [0.1, 0.15) is 0 Å². The predicted octanol–water partition coefficient (Wildman–Crippen LogP) is 4.68. The molecule has 2 aromatic carbocycles. The van der Waals surface area contributed by atoms with Crippen LogP contribution < -0.4 is 0 Å². The van der Waals surface area contributed by atoms with Gasteiger partial charge in [0.25, 0.3) is 5.91 Å². The zero-order valence-electron chi connectivity index (χ0n) is 11.4. The van der Waals surface area contributed by atoms with Crippen molar-refractivity contribution >= 4 is 33.4 Å². The second kappa shape index (κ2) is 6.42. The summed E-state index contributed by atoms with van der Waals surface area (Å²) < 4.78 is 0.714. The molecular formula is C16H15BrClNO. The third-order valence-corrected chi connectivity index (χ3v) is 3.94. The van der Waals surface area contributed by atoms with Gasteiger partial charge in [-0.25, -0.2) is 0 Å². The molecule has 0 bridgehead atoms. The van der Waals surface area contributed by atoms with Crippen LogP contribution in [0.25, 0.3) is 0 Å². The largest absolute Gasteiger partial charge is 0.337 e. The van der Waals surface area contributed by atoms with Crippen LogP contribution in [0.3, 0.4) is 0 Å². The third-order valence-electron chi connectivity index (χ3n) is 3.05. The van der Waals surface area contributed by atoms with Gasteiger partial charge in [-0.05, 0) is 46.6 Å². The summed E-state index contributed by atoms with van der Waals surface area (Å²) in [5.74, 6) is -0.0332. The van der Waals surface area contributed by atoms with Gasteiger partial charge >= 0.3 is 0 Å². The van der Waals surface area contributed by atoms with E-state index in [-0.39, 0.29) is 5.91 Å². The smallest absolute Gasteiger partial charge is 0.255 e. The zero-order chi connectivity index (χ0) is 14.7. The Morgan fingerprint density at radius 1 is 1.20 bits per heavy atom. The number of carbonyl (C=O) groups is 1. The average molecular weight is 353 g/mol. The fourth-order valence-corrected chi connectivity index (χ4v) is 2.76. The molecular weight excluding hydrogens is 338 g/mol. The first kappa shape index (κ1) is 15.1. The van der Waals surface area contributed by atoms with E-state index in [0.717, 1.165) is 5.56 Å². The number of amides is 1. The second-order valence-electron chi connectivity index (χ2n) is 4.77. The summed E-state index contributed by atoms with van der Waals surface area (Å²) in [6.45, 7) is 2.62. The monoisotopic (exact) mass is 351 g/mol. The minimum Gasteiger partial charge on any atom is -0.337 e. The Morgan fingerprint density at radius 3 is 2.45 bits per heavy atom. The molecule has 104 valence electrons. The number of nitrogens with zero attached hydrogens (tertiary/aromatic N) is 1. The van der Waals surface area contributed by atoms with Crippen molar-refractivity contribution in [2.75, 3.05) is 7.05 Å². The maximum absolute atomic E-state index is 12.4. The van der Waals surface area contributed by atoms with Crippen molar-refractivity contribution in [1.82, 2.24) is 4.90 Å². The molecule has 2 rings (SSSR count). The summed E-state index contributed by atoms with van der Waals surface area (Å²) in [5, 5.41) is 0.606.